The highest BCUT2D eigenvalue weighted by atomic mass is 35.5. The van der Waals surface area contributed by atoms with E-state index in [0.29, 0.717) is 17.5 Å². The third kappa shape index (κ3) is 5.03. The van der Waals surface area contributed by atoms with E-state index in [0.717, 1.165) is 5.56 Å². The highest BCUT2D eigenvalue weighted by Crippen LogP contribution is 2.11. The molecule has 0 aliphatic rings. The van der Waals surface area contributed by atoms with Crippen molar-refractivity contribution in [1.82, 2.24) is 14.8 Å². The Morgan fingerprint density at radius 2 is 2.14 bits per heavy atom. The molecule has 1 rings (SSSR count). The summed E-state index contributed by atoms with van der Waals surface area (Å²) in [6.07, 6.45) is 3.06. The molecule has 0 amide bonds. The van der Waals surface area contributed by atoms with Crippen molar-refractivity contribution in [3.63, 3.8) is 0 Å². The van der Waals surface area contributed by atoms with Crippen molar-refractivity contribution in [2.75, 3.05) is 28.2 Å². The molecule has 7 nitrogen and oxygen atoms in total. The molecule has 0 atom stereocenters. The molecule has 1 aromatic rings. The summed E-state index contributed by atoms with van der Waals surface area (Å²) in [5.74, 6) is 0.295. The average molecular weight is 312 g/mol. The lowest BCUT2D eigenvalue weighted by atomic mass is 10.2. The predicted molar refractivity (Wildman–Crippen MR) is 82.8 cm³/mol. The second-order valence-corrected chi connectivity index (χ2v) is 5.01. The number of amidine groups is 1. The number of hydrogen-bond acceptors (Lipinski definition) is 5. The average Bonchev–Trinajstić information content (AvgIpc) is 2.40. The summed E-state index contributed by atoms with van der Waals surface area (Å²) in [5.41, 5.74) is 0.822. The van der Waals surface area contributed by atoms with E-state index in [1.165, 1.54) is 13.2 Å². The summed E-state index contributed by atoms with van der Waals surface area (Å²) in [5, 5.41) is 11.6. The normalized spacial score (nSPS) is 12.2. The van der Waals surface area contributed by atoms with Crippen LogP contribution in [0.2, 0.25) is 5.15 Å². The predicted octanol–water partition coefficient (Wildman–Crippen LogP) is 1.87. The molecule has 1 heterocycles. The van der Waals surface area contributed by atoms with Gasteiger partial charge in [0.05, 0.1) is 11.1 Å². The Balaban J connectivity index is 2.98. The molecule has 8 heteroatoms. The summed E-state index contributed by atoms with van der Waals surface area (Å²) >= 11 is 5.73. The van der Waals surface area contributed by atoms with Gasteiger partial charge in [0.15, 0.2) is 0 Å². The molecule has 0 N–H and O–H groups in total. The van der Waals surface area contributed by atoms with E-state index < -0.39 is 4.92 Å². The van der Waals surface area contributed by atoms with Gasteiger partial charge in [-0.2, -0.15) is 0 Å². The van der Waals surface area contributed by atoms with E-state index in [1.807, 2.05) is 6.07 Å². The van der Waals surface area contributed by atoms with Crippen molar-refractivity contribution in [3.8, 4) is 0 Å². The zero-order valence-corrected chi connectivity index (χ0v) is 13.2. The van der Waals surface area contributed by atoms with E-state index >= 15 is 0 Å². The monoisotopic (exact) mass is 311 g/mol. The van der Waals surface area contributed by atoms with Crippen LogP contribution >= 0.6 is 11.6 Å². The Morgan fingerprint density at radius 3 is 2.57 bits per heavy atom. The first-order valence-electron chi connectivity index (χ1n) is 6.16. The molecule has 0 unspecified atom stereocenters. The van der Waals surface area contributed by atoms with Crippen LogP contribution in [-0.2, 0) is 6.54 Å². The van der Waals surface area contributed by atoms with Gasteiger partial charge < -0.3 is 9.80 Å². The standard InChI is InChI=1S/C13H18ClN5O2/c1-15-13(11(19(20)21)9-17(2)3)18(4)8-10-5-6-12(14)16-7-10/h5-7,9H,8H2,1-4H3/b11-9-,15-13?. The minimum atomic E-state index is -0.445. The molecule has 0 saturated carbocycles. The third-order valence-electron chi connectivity index (χ3n) is 2.59. The Morgan fingerprint density at radius 1 is 1.48 bits per heavy atom. The molecule has 0 saturated heterocycles. The molecule has 1 aromatic heterocycles. The Hall–Kier alpha value is -2.15. The maximum atomic E-state index is 11.2. The van der Waals surface area contributed by atoms with Crippen LogP contribution in [0.15, 0.2) is 35.2 Å². The summed E-state index contributed by atoms with van der Waals surface area (Å²) in [6.45, 7) is 0.440. The number of pyridine rings is 1. The van der Waals surface area contributed by atoms with Gasteiger partial charge in [0.1, 0.15) is 5.15 Å². The molecule has 0 fully saturated rings. The number of hydrogen-bond donors (Lipinski definition) is 0. The lowest BCUT2D eigenvalue weighted by molar-refractivity contribution is -0.416. The zero-order valence-electron chi connectivity index (χ0n) is 12.4. The van der Waals surface area contributed by atoms with Gasteiger partial charge in [-0.25, -0.2) is 4.98 Å². The van der Waals surface area contributed by atoms with Crippen LogP contribution in [0.4, 0.5) is 0 Å². The third-order valence-corrected chi connectivity index (χ3v) is 2.81. The highest BCUT2D eigenvalue weighted by Gasteiger charge is 2.23. The summed E-state index contributed by atoms with van der Waals surface area (Å²) in [4.78, 5) is 22.1. The molecule has 0 aliphatic heterocycles. The van der Waals surface area contributed by atoms with Gasteiger partial charge in [-0.1, -0.05) is 17.7 Å². The molecule has 21 heavy (non-hydrogen) atoms. The maximum Gasteiger partial charge on any atom is 0.326 e. The van der Waals surface area contributed by atoms with E-state index in [2.05, 4.69) is 9.98 Å². The maximum absolute atomic E-state index is 11.2. The molecular formula is C13H18ClN5O2. The Labute approximate surface area is 128 Å². The van der Waals surface area contributed by atoms with E-state index in [9.17, 15) is 10.1 Å². The quantitative estimate of drug-likeness (QED) is 0.273. The number of aromatic nitrogens is 1. The van der Waals surface area contributed by atoms with Crippen LogP contribution in [0, 0.1) is 10.1 Å². The summed E-state index contributed by atoms with van der Waals surface area (Å²) in [7, 11) is 6.71. The molecule has 114 valence electrons. The largest absolute Gasteiger partial charge is 0.378 e. The molecule has 0 aliphatic carbocycles. The topological polar surface area (TPSA) is 74.9 Å². The minimum absolute atomic E-state index is 0.0630. The van der Waals surface area contributed by atoms with Crippen LogP contribution < -0.4 is 0 Å². The van der Waals surface area contributed by atoms with Crippen molar-refractivity contribution >= 4 is 17.4 Å². The van der Waals surface area contributed by atoms with Crippen molar-refractivity contribution in [2.24, 2.45) is 4.99 Å². The van der Waals surface area contributed by atoms with Crippen LogP contribution in [-0.4, -0.2) is 53.7 Å². The Kier molecular flexibility index (Phi) is 6.10. The van der Waals surface area contributed by atoms with Gasteiger partial charge in [-0.3, -0.25) is 15.1 Å². The second kappa shape index (κ2) is 7.58. The van der Waals surface area contributed by atoms with Crippen LogP contribution in [0.25, 0.3) is 0 Å². The first-order chi connectivity index (χ1) is 9.85. The first-order valence-corrected chi connectivity index (χ1v) is 6.54. The summed E-state index contributed by atoms with van der Waals surface area (Å²) in [6, 6.07) is 3.50. The number of rotatable bonds is 5. The zero-order chi connectivity index (χ0) is 16.0. The molecule has 0 bridgehead atoms. The number of likely N-dealkylation sites (N-methyl/N-ethyl adjacent to an activating group) is 1. The number of aliphatic imine (C=N–C) groups is 1. The lowest BCUT2D eigenvalue weighted by Gasteiger charge is -2.19. The fraction of sp³-hybridized carbons (Fsp3) is 0.385. The number of nitrogens with zero attached hydrogens (tertiary/aromatic N) is 5. The fourth-order valence-electron chi connectivity index (χ4n) is 1.76. The first kappa shape index (κ1) is 16.9. The van der Waals surface area contributed by atoms with E-state index in [-0.39, 0.29) is 5.70 Å². The van der Waals surface area contributed by atoms with Crippen molar-refractivity contribution in [3.05, 3.63) is 51.1 Å². The highest BCUT2D eigenvalue weighted by molar-refractivity contribution is 6.29. The lowest BCUT2D eigenvalue weighted by Crippen LogP contribution is -2.31. The van der Waals surface area contributed by atoms with Gasteiger partial charge in [0.25, 0.3) is 0 Å². The SMILES string of the molecule is CN=C(/C(=C/N(C)C)[N+](=O)[O-])N(C)Cc1ccc(Cl)nc1. The van der Waals surface area contributed by atoms with Crippen molar-refractivity contribution in [2.45, 2.75) is 6.54 Å². The van der Waals surface area contributed by atoms with Crippen LogP contribution in [0.1, 0.15) is 5.56 Å². The smallest absolute Gasteiger partial charge is 0.326 e. The van der Waals surface area contributed by atoms with E-state index in [4.69, 9.17) is 11.6 Å². The number of nitro groups is 1. The van der Waals surface area contributed by atoms with Crippen LogP contribution in [0.5, 0.6) is 0 Å². The van der Waals surface area contributed by atoms with Gasteiger partial charge >= 0.3 is 5.70 Å². The van der Waals surface area contributed by atoms with Gasteiger partial charge in [0.2, 0.25) is 5.84 Å². The van der Waals surface area contributed by atoms with Crippen molar-refractivity contribution < 1.29 is 4.92 Å². The summed E-state index contributed by atoms with van der Waals surface area (Å²) < 4.78 is 0. The van der Waals surface area contributed by atoms with Gasteiger partial charge in [0, 0.05) is 40.9 Å². The molecule has 0 aromatic carbocycles. The molecule has 0 radical (unpaired) electrons. The van der Waals surface area contributed by atoms with E-state index in [1.54, 1.807) is 43.2 Å². The number of halogens is 1. The van der Waals surface area contributed by atoms with Gasteiger partial charge in [-0.15, -0.1) is 0 Å². The fourth-order valence-corrected chi connectivity index (χ4v) is 1.87. The second-order valence-electron chi connectivity index (χ2n) is 4.63. The van der Waals surface area contributed by atoms with Gasteiger partial charge in [-0.05, 0) is 11.6 Å². The molecule has 0 spiro atoms. The Bertz CT molecular complexity index is 554. The van der Waals surface area contributed by atoms with Crippen LogP contribution in [0.3, 0.4) is 0 Å². The minimum Gasteiger partial charge on any atom is -0.378 e. The van der Waals surface area contributed by atoms with Crippen molar-refractivity contribution in [1.29, 1.82) is 0 Å². The molecular weight excluding hydrogens is 294 g/mol.